The van der Waals surface area contributed by atoms with Gasteiger partial charge in [0.25, 0.3) is 5.91 Å². The van der Waals surface area contributed by atoms with E-state index in [2.05, 4.69) is 61.0 Å². The number of carbonyl (C=O) groups excluding carboxylic acids is 4. The summed E-state index contributed by atoms with van der Waals surface area (Å²) in [4.78, 5) is 70.3. The van der Waals surface area contributed by atoms with Crippen molar-refractivity contribution >= 4 is 29.6 Å². The van der Waals surface area contributed by atoms with Crippen LogP contribution in [-0.2, 0) is 31.0 Å². The van der Waals surface area contributed by atoms with Crippen LogP contribution in [0.4, 0.5) is 0 Å². The SMILES string of the molecule is CCCOc1ccc2cc1-c1cc(ccc1OCCN)C(N(C)C(=O)C(CCCCN)NC(=O)c1ccc(-c3ccc(C(C)(C)C)cc3)cc1)C(=O)NC(C)C(=O)NC(C(=O)O)C2. The summed E-state index contributed by atoms with van der Waals surface area (Å²) < 4.78 is 12.3. The lowest BCUT2D eigenvalue weighted by molar-refractivity contribution is -0.143. The lowest BCUT2D eigenvalue weighted by Gasteiger charge is -2.32. The number of carbonyl (C=O) groups is 5. The highest BCUT2D eigenvalue weighted by atomic mass is 16.5. The molecule has 4 amide bonds. The van der Waals surface area contributed by atoms with Crippen molar-refractivity contribution < 1.29 is 38.6 Å². The Morgan fingerprint density at radius 3 is 2.05 bits per heavy atom. The van der Waals surface area contributed by atoms with Crippen LogP contribution in [0, 0.1) is 0 Å². The molecule has 1 aliphatic heterocycles. The minimum atomic E-state index is -1.34. The molecule has 1 heterocycles. The summed E-state index contributed by atoms with van der Waals surface area (Å²) in [7, 11) is 1.47. The Balaban J connectivity index is 1.55. The van der Waals surface area contributed by atoms with Gasteiger partial charge in [0.05, 0.1) is 6.61 Å². The zero-order valence-corrected chi connectivity index (χ0v) is 37.2. The molecule has 0 saturated heterocycles. The molecule has 5 rings (SSSR count). The molecule has 4 aromatic carbocycles. The molecular weight excluding hydrogens is 801 g/mol. The molecule has 4 aromatic rings. The topological polar surface area (TPSA) is 215 Å². The lowest BCUT2D eigenvalue weighted by atomic mass is 9.86. The molecule has 8 N–H and O–H groups in total. The van der Waals surface area contributed by atoms with Crippen LogP contribution in [0.5, 0.6) is 11.5 Å². The maximum Gasteiger partial charge on any atom is 0.326 e. The molecule has 0 saturated carbocycles. The van der Waals surface area contributed by atoms with Gasteiger partial charge in [0.2, 0.25) is 17.7 Å². The first-order chi connectivity index (χ1) is 30.1. The van der Waals surface area contributed by atoms with Gasteiger partial charge in [0.15, 0.2) is 0 Å². The van der Waals surface area contributed by atoms with Crippen molar-refractivity contribution in [3.63, 3.8) is 0 Å². The third-order valence-corrected chi connectivity index (χ3v) is 11.1. The summed E-state index contributed by atoms with van der Waals surface area (Å²) in [6, 6.07) is 20.9. The number of nitrogens with zero attached hydrogens (tertiary/aromatic N) is 1. The Labute approximate surface area is 370 Å². The van der Waals surface area contributed by atoms with E-state index in [-0.39, 0.29) is 31.4 Å². The van der Waals surface area contributed by atoms with Crippen molar-refractivity contribution in [2.24, 2.45) is 11.5 Å². The fourth-order valence-electron chi connectivity index (χ4n) is 7.46. The predicted molar refractivity (Wildman–Crippen MR) is 243 cm³/mol. The van der Waals surface area contributed by atoms with Crippen molar-refractivity contribution in [3.05, 3.63) is 107 Å². The molecule has 0 radical (unpaired) electrons. The lowest BCUT2D eigenvalue weighted by Crippen LogP contribution is -2.54. The van der Waals surface area contributed by atoms with Crippen LogP contribution < -0.4 is 36.9 Å². The number of unbranched alkanes of at least 4 members (excludes halogenated alkanes) is 1. The number of hydrogen-bond acceptors (Lipinski definition) is 9. The summed E-state index contributed by atoms with van der Waals surface area (Å²) in [5.74, 6) is -2.84. The molecule has 0 spiro atoms. The van der Waals surface area contributed by atoms with Gasteiger partial charge in [0.1, 0.15) is 42.3 Å². The number of amides is 4. The number of fused-ring (bicyclic) bond motifs is 5. The largest absolute Gasteiger partial charge is 0.493 e. The number of hydrogen-bond donors (Lipinski definition) is 6. The van der Waals surface area contributed by atoms with Crippen LogP contribution in [0.1, 0.15) is 93.4 Å². The van der Waals surface area contributed by atoms with Crippen LogP contribution in [-0.4, -0.2) is 91.1 Å². The highest BCUT2D eigenvalue weighted by Gasteiger charge is 2.36. The number of rotatable bonds is 16. The van der Waals surface area contributed by atoms with Gasteiger partial charge in [-0.3, -0.25) is 19.2 Å². The van der Waals surface area contributed by atoms with Gasteiger partial charge in [-0.2, -0.15) is 0 Å². The second-order valence-electron chi connectivity index (χ2n) is 17.0. The third-order valence-electron chi connectivity index (χ3n) is 11.1. The van der Waals surface area contributed by atoms with E-state index < -0.39 is 53.8 Å². The van der Waals surface area contributed by atoms with Gasteiger partial charge in [-0.05, 0) is 109 Å². The molecule has 4 unspecified atom stereocenters. The van der Waals surface area contributed by atoms with Gasteiger partial charge in [-0.1, -0.05) is 76.2 Å². The normalized spacial score (nSPS) is 17.0. The number of likely N-dealkylation sites (N-methyl/N-ethyl adjacent to an activating group) is 1. The zero-order chi connectivity index (χ0) is 45.8. The number of carboxylic acids is 1. The van der Waals surface area contributed by atoms with Crippen LogP contribution >= 0.6 is 0 Å². The number of aliphatic carboxylic acids is 1. The molecule has 0 fully saturated rings. The smallest absolute Gasteiger partial charge is 0.326 e. The number of carboxylic acid groups (broad SMARTS) is 1. The minimum absolute atomic E-state index is 0.0118. The number of ether oxygens (including phenoxy) is 2. The van der Waals surface area contributed by atoms with Crippen molar-refractivity contribution in [3.8, 4) is 33.8 Å². The minimum Gasteiger partial charge on any atom is -0.493 e. The first-order valence-corrected chi connectivity index (χ1v) is 21.6. The van der Waals surface area contributed by atoms with E-state index in [0.29, 0.717) is 71.7 Å². The van der Waals surface area contributed by atoms with Crippen molar-refractivity contribution in [2.75, 3.05) is 33.4 Å². The highest BCUT2D eigenvalue weighted by molar-refractivity contribution is 5.99. The van der Waals surface area contributed by atoms with E-state index in [0.717, 1.165) is 11.1 Å². The Morgan fingerprint density at radius 2 is 1.44 bits per heavy atom. The van der Waals surface area contributed by atoms with Crippen LogP contribution in [0.2, 0.25) is 0 Å². The summed E-state index contributed by atoms with van der Waals surface area (Å²) in [6.07, 6.45) is 1.98. The van der Waals surface area contributed by atoms with Crippen LogP contribution in [0.15, 0.2) is 84.9 Å². The molecule has 336 valence electrons. The van der Waals surface area contributed by atoms with E-state index in [1.165, 1.54) is 24.4 Å². The molecule has 0 aliphatic carbocycles. The first-order valence-electron chi connectivity index (χ1n) is 21.6. The summed E-state index contributed by atoms with van der Waals surface area (Å²) in [6.45, 7) is 11.0. The monoisotopic (exact) mass is 862 g/mol. The van der Waals surface area contributed by atoms with Crippen molar-refractivity contribution in [2.45, 2.75) is 96.3 Å². The summed E-state index contributed by atoms with van der Waals surface area (Å²) in [5, 5.41) is 18.3. The fourth-order valence-corrected chi connectivity index (χ4v) is 7.46. The standard InChI is InChI=1S/C49H62N6O8/c1-7-25-62-41-21-11-31-27-37(41)38-29-35(18-22-42(38)63-26-24-51)43(46(58)52-30(2)44(56)54-40(28-31)48(60)61)55(6)47(59)39(10-8-9-23-50)53-45(57)34-14-12-32(13-15-34)33-16-19-36(20-17-33)49(3,4)5/h11-22,27,29-30,39-40,43H,7-10,23-26,28,50-51H2,1-6H3,(H,52,58)(H,53,57)(H,54,56)(H,60,61). The zero-order valence-electron chi connectivity index (χ0n) is 37.2. The van der Waals surface area contributed by atoms with Gasteiger partial charge in [-0.15, -0.1) is 0 Å². The summed E-state index contributed by atoms with van der Waals surface area (Å²) in [5.41, 5.74) is 17.2. The van der Waals surface area contributed by atoms with E-state index in [9.17, 15) is 29.1 Å². The molecular formula is C49H62N6O8. The van der Waals surface area contributed by atoms with Crippen LogP contribution in [0.25, 0.3) is 22.3 Å². The average molecular weight is 863 g/mol. The van der Waals surface area contributed by atoms with Gasteiger partial charge >= 0.3 is 5.97 Å². The Bertz CT molecular complexity index is 2240. The molecule has 4 bridgehead atoms. The predicted octanol–water partition coefficient (Wildman–Crippen LogP) is 5.50. The van der Waals surface area contributed by atoms with E-state index >= 15 is 0 Å². The number of nitrogens with two attached hydrogens (primary N) is 2. The molecule has 4 atom stereocenters. The quantitative estimate of drug-likeness (QED) is 0.0778. The van der Waals surface area contributed by atoms with Gasteiger partial charge < -0.3 is 46.9 Å². The van der Waals surface area contributed by atoms with E-state index in [4.69, 9.17) is 20.9 Å². The van der Waals surface area contributed by atoms with Gasteiger partial charge in [-0.25, -0.2) is 4.79 Å². The van der Waals surface area contributed by atoms with E-state index in [1.807, 2.05) is 19.1 Å². The Kier molecular flexibility index (Phi) is 16.5. The van der Waals surface area contributed by atoms with E-state index in [1.54, 1.807) is 48.5 Å². The number of nitrogens with one attached hydrogen (secondary N) is 3. The Hall–Kier alpha value is -6.25. The van der Waals surface area contributed by atoms with Crippen LogP contribution in [0.3, 0.4) is 0 Å². The molecule has 14 nitrogen and oxygen atoms in total. The average Bonchev–Trinajstić information content (AvgIpc) is 3.26. The molecule has 14 heteroatoms. The third kappa shape index (κ3) is 12.2. The molecule has 0 aromatic heterocycles. The second-order valence-corrected chi connectivity index (χ2v) is 17.0. The van der Waals surface area contributed by atoms with Crippen molar-refractivity contribution in [1.82, 2.24) is 20.9 Å². The molecule has 63 heavy (non-hydrogen) atoms. The highest BCUT2D eigenvalue weighted by Crippen LogP contribution is 2.40. The summed E-state index contributed by atoms with van der Waals surface area (Å²) >= 11 is 0. The first kappa shape index (κ1) is 47.8. The Morgan fingerprint density at radius 1 is 0.825 bits per heavy atom. The second kappa shape index (κ2) is 21.7. The molecule has 1 aliphatic rings. The maximum atomic E-state index is 14.7. The number of benzene rings is 4. The maximum absolute atomic E-state index is 14.7. The van der Waals surface area contributed by atoms with Gasteiger partial charge in [0, 0.05) is 36.7 Å². The fraction of sp³-hybridized carbons (Fsp3) is 0.408. The van der Waals surface area contributed by atoms with Crippen molar-refractivity contribution in [1.29, 1.82) is 0 Å².